The summed E-state index contributed by atoms with van der Waals surface area (Å²) in [6.07, 6.45) is 5.43. The zero-order chi connectivity index (χ0) is 14.2. The number of amides is 1. The molecule has 1 aliphatic rings. The predicted molar refractivity (Wildman–Crippen MR) is 77.2 cm³/mol. The molecule has 4 nitrogen and oxygen atoms in total. The van der Waals surface area contributed by atoms with E-state index in [0.717, 1.165) is 18.4 Å². The first-order valence-electron chi connectivity index (χ1n) is 7.27. The van der Waals surface area contributed by atoms with Crippen LogP contribution in [0.1, 0.15) is 37.7 Å². The third kappa shape index (κ3) is 4.23. The molecule has 20 heavy (non-hydrogen) atoms. The maximum absolute atomic E-state index is 12.2. The standard InChI is InChI=1S/C16H23NO3/c1-19-13-17(15-10-6-3-7-11-15)16(18)20-12-14-8-4-2-5-9-14/h2,4-5,8-9,15H,3,6-7,10-13H2,1H3. The highest BCUT2D eigenvalue weighted by Gasteiger charge is 2.26. The molecule has 1 aromatic carbocycles. The topological polar surface area (TPSA) is 38.8 Å². The number of hydrogen-bond acceptors (Lipinski definition) is 3. The van der Waals surface area contributed by atoms with Crippen molar-refractivity contribution in [3.8, 4) is 0 Å². The van der Waals surface area contributed by atoms with Crippen LogP contribution in [0.2, 0.25) is 0 Å². The Labute approximate surface area is 120 Å². The van der Waals surface area contributed by atoms with E-state index in [9.17, 15) is 4.79 Å². The number of ether oxygens (including phenoxy) is 2. The molecule has 0 bridgehead atoms. The van der Waals surface area contributed by atoms with E-state index in [-0.39, 0.29) is 12.1 Å². The van der Waals surface area contributed by atoms with Crippen LogP contribution in [0.4, 0.5) is 4.79 Å². The lowest BCUT2D eigenvalue weighted by molar-refractivity contribution is 0.00956. The molecular formula is C16H23NO3. The van der Waals surface area contributed by atoms with E-state index >= 15 is 0 Å². The Balaban J connectivity index is 1.89. The fraction of sp³-hybridized carbons (Fsp3) is 0.562. The quantitative estimate of drug-likeness (QED) is 0.772. The fourth-order valence-electron chi connectivity index (χ4n) is 2.64. The molecule has 0 saturated heterocycles. The summed E-state index contributed by atoms with van der Waals surface area (Å²) in [5, 5.41) is 0. The number of rotatable bonds is 5. The van der Waals surface area contributed by atoms with E-state index in [4.69, 9.17) is 9.47 Å². The minimum absolute atomic E-state index is 0.256. The van der Waals surface area contributed by atoms with Crippen LogP contribution in [0, 0.1) is 0 Å². The number of carbonyl (C=O) groups is 1. The van der Waals surface area contributed by atoms with E-state index in [0.29, 0.717) is 13.3 Å². The van der Waals surface area contributed by atoms with Crippen LogP contribution >= 0.6 is 0 Å². The van der Waals surface area contributed by atoms with Crippen LogP contribution in [0.3, 0.4) is 0 Å². The molecule has 0 spiro atoms. The highest BCUT2D eigenvalue weighted by Crippen LogP contribution is 2.23. The average Bonchev–Trinajstić information content (AvgIpc) is 2.52. The highest BCUT2D eigenvalue weighted by molar-refractivity contribution is 5.67. The Kier molecular flexibility index (Phi) is 5.87. The Morgan fingerprint density at radius 1 is 1.20 bits per heavy atom. The maximum Gasteiger partial charge on any atom is 0.412 e. The number of carbonyl (C=O) groups excluding carboxylic acids is 1. The Hall–Kier alpha value is -1.55. The minimum Gasteiger partial charge on any atom is -0.444 e. The summed E-state index contributed by atoms with van der Waals surface area (Å²) in [5.41, 5.74) is 1.00. The monoisotopic (exact) mass is 277 g/mol. The Morgan fingerprint density at radius 3 is 2.55 bits per heavy atom. The van der Waals surface area contributed by atoms with Gasteiger partial charge in [0.05, 0.1) is 0 Å². The zero-order valence-corrected chi connectivity index (χ0v) is 12.1. The Bertz CT molecular complexity index is 401. The van der Waals surface area contributed by atoms with Crippen molar-refractivity contribution < 1.29 is 14.3 Å². The number of nitrogens with zero attached hydrogens (tertiary/aromatic N) is 1. The van der Waals surface area contributed by atoms with E-state index < -0.39 is 0 Å². The fourth-order valence-corrected chi connectivity index (χ4v) is 2.64. The van der Waals surface area contributed by atoms with E-state index in [2.05, 4.69) is 0 Å². The molecule has 0 radical (unpaired) electrons. The van der Waals surface area contributed by atoms with Crippen molar-refractivity contribution in [1.82, 2.24) is 4.90 Å². The van der Waals surface area contributed by atoms with Crippen LogP contribution in [0.15, 0.2) is 30.3 Å². The molecule has 1 amide bonds. The summed E-state index contributed by atoms with van der Waals surface area (Å²) in [6.45, 7) is 0.616. The van der Waals surface area contributed by atoms with Gasteiger partial charge in [0.2, 0.25) is 0 Å². The van der Waals surface area contributed by atoms with Gasteiger partial charge in [-0.05, 0) is 18.4 Å². The van der Waals surface area contributed by atoms with Gasteiger partial charge < -0.3 is 9.47 Å². The zero-order valence-electron chi connectivity index (χ0n) is 12.1. The maximum atomic E-state index is 12.2. The molecule has 1 aliphatic carbocycles. The van der Waals surface area contributed by atoms with Gasteiger partial charge in [-0.1, -0.05) is 49.6 Å². The molecule has 4 heteroatoms. The van der Waals surface area contributed by atoms with Crippen LogP contribution in [-0.2, 0) is 16.1 Å². The predicted octanol–water partition coefficient (Wildman–Crippen LogP) is 3.56. The van der Waals surface area contributed by atoms with Crippen molar-refractivity contribution in [3.63, 3.8) is 0 Å². The molecular weight excluding hydrogens is 254 g/mol. The molecule has 110 valence electrons. The molecule has 0 aliphatic heterocycles. The molecule has 1 saturated carbocycles. The largest absolute Gasteiger partial charge is 0.444 e. The van der Waals surface area contributed by atoms with Gasteiger partial charge in [-0.2, -0.15) is 0 Å². The molecule has 0 heterocycles. The van der Waals surface area contributed by atoms with Gasteiger partial charge in [0.1, 0.15) is 13.3 Å². The number of benzene rings is 1. The van der Waals surface area contributed by atoms with Crippen molar-refractivity contribution >= 4 is 6.09 Å². The van der Waals surface area contributed by atoms with Crippen molar-refractivity contribution in [2.45, 2.75) is 44.8 Å². The minimum atomic E-state index is -0.275. The molecule has 0 aromatic heterocycles. The first kappa shape index (κ1) is 14.9. The summed E-state index contributed by atoms with van der Waals surface area (Å²) < 4.78 is 10.6. The molecule has 1 aromatic rings. The smallest absolute Gasteiger partial charge is 0.412 e. The highest BCUT2D eigenvalue weighted by atomic mass is 16.6. The lowest BCUT2D eigenvalue weighted by atomic mass is 9.95. The summed E-state index contributed by atoms with van der Waals surface area (Å²) in [5.74, 6) is 0. The van der Waals surface area contributed by atoms with E-state index in [1.807, 2.05) is 30.3 Å². The molecule has 2 rings (SSSR count). The van der Waals surface area contributed by atoms with Crippen molar-refractivity contribution in [2.24, 2.45) is 0 Å². The number of methoxy groups -OCH3 is 1. The van der Waals surface area contributed by atoms with Crippen molar-refractivity contribution in [1.29, 1.82) is 0 Å². The van der Waals surface area contributed by atoms with E-state index in [1.54, 1.807) is 12.0 Å². The van der Waals surface area contributed by atoms with Crippen LogP contribution < -0.4 is 0 Å². The van der Waals surface area contributed by atoms with E-state index in [1.165, 1.54) is 19.3 Å². The third-order valence-electron chi connectivity index (χ3n) is 3.72. The first-order chi connectivity index (χ1) is 9.81. The third-order valence-corrected chi connectivity index (χ3v) is 3.72. The molecule has 0 N–H and O–H groups in total. The SMILES string of the molecule is COCN(C(=O)OCc1ccccc1)C1CCCCC1. The Morgan fingerprint density at radius 2 is 1.90 bits per heavy atom. The summed E-state index contributed by atoms with van der Waals surface area (Å²) >= 11 is 0. The van der Waals surface area contributed by atoms with Gasteiger partial charge in [-0.25, -0.2) is 4.79 Å². The second kappa shape index (κ2) is 7.90. The van der Waals surface area contributed by atoms with Crippen LogP contribution in [-0.4, -0.2) is 30.9 Å². The van der Waals surface area contributed by atoms with Crippen LogP contribution in [0.25, 0.3) is 0 Å². The molecule has 0 unspecified atom stereocenters. The number of hydrogen-bond donors (Lipinski definition) is 0. The average molecular weight is 277 g/mol. The van der Waals surface area contributed by atoms with Crippen molar-refractivity contribution in [2.75, 3.05) is 13.8 Å². The van der Waals surface area contributed by atoms with Gasteiger partial charge in [-0.15, -0.1) is 0 Å². The second-order valence-electron chi connectivity index (χ2n) is 5.22. The molecule has 1 fully saturated rings. The summed E-state index contributed by atoms with van der Waals surface area (Å²) in [6, 6.07) is 9.99. The lowest BCUT2D eigenvalue weighted by Gasteiger charge is -2.32. The first-order valence-corrected chi connectivity index (χ1v) is 7.27. The second-order valence-corrected chi connectivity index (χ2v) is 5.22. The van der Waals surface area contributed by atoms with Gasteiger partial charge >= 0.3 is 6.09 Å². The van der Waals surface area contributed by atoms with Gasteiger partial charge in [-0.3, -0.25) is 4.90 Å². The van der Waals surface area contributed by atoms with Gasteiger partial charge in [0.15, 0.2) is 0 Å². The summed E-state index contributed by atoms with van der Waals surface area (Å²) in [7, 11) is 1.61. The normalized spacial score (nSPS) is 15.8. The lowest BCUT2D eigenvalue weighted by Crippen LogP contribution is -2.42. The van der Waals surface area contributed by atoms with Gasteiger partial charge in [0.25, 0.3) is 0 Å². The van der Waals surface area contributed by atoms with Crippen molar-refractivity contribution in [3.05, 3.63) is 35.9 Å². The van der Waals surface area contributed by atoms with Crippen LogP contribution in [0.5, 0.6) is 0 Å². The summed E-state index contributed by atoms with van der Waals surface area (Å²) in [4.78, 5) is 14.0. The molecule has 0 atom stereocenters. The van der Waals surface area contributed by atoms with Gasteiger partial charge in [0, 0.05) is 13.2 Å².